The van der Waals surface area contributed by atoms with Crippen molar-refractivity contribution in [3.63, 3.8) is 0 Å². The first kappa shape index (κ1) is 14.5. The predicted octanol–water partition coefficient (Wildman–Crippen LogP) is 1.69. The SMILES string of the molecule is CCCCC(CC)CN1CCC(N)(C(=O)O)C1. The first-order valence-corrected chi connectivity index (χ1v) is 6.76. The molecular weight excluding hydrogens is 216 g/mol. The molecule has 0 bridgehead atoms. The Morgan fingerprint density at radius 2 is 2.24 bits per heavy atom. The van der Waals surface area contributed by atoms with Gasteiger partial charge in [-0.25, -0.2) is 0 Å². The van der Waals surface area contributed by atoms with Crippen LogP contribution in [-0.2, 0) is 4.79 Å². The number of aliphatic carboxylic acids is 1. The lowest BCUT2D eigenvalue weighted by Gasteiger charge is -2.24. The van der Waals surface area contributed by atoms with E-state index in [0.717, 1.165) is 13.1 Å². The van der Waals surface area contributed by atoms with Crippen LogP contribution in [0.25, 0.3) is 0 Å². The van der Waals surface area contributed by atoms with Crippen molar-refractivity contribution in [2.45, 2.75) is 51.5 Å². The molecule has 0 aromatic rings. The Hall–Kier alpha value is -0.610. The third-order valence-electron chi connectivity index (χ3n) is 3.87. The molecule has 2 atom stereocenters. The second-order valence-electron chi connectivity index (χ2n) is 5.36. The van der Waals surface area contributed by atoms with Crippen molar-refractivity contribution in [1.82, 2.24) is 4.90 Å². The van der Waals surface area contributed by atoms with E-state index in [1.165, 1.54) is 25.7 Å². The van der Waals surface area contributed by atoms with Crippen LogP contribution in [0.2, 0.25) is 0 Å². The molecule has 2 unspecified atom stereocenters. The van der Waals surface area contributed by atoms with Crippen molar-refractivity contribution < 1.29 is 9.90 Å². The van der Waals surface area contributed by atoms with Gasteiger partial charge in [0.1, 0.15) is 5.54 Å². The average molecular weight is 242 g/mol. The lowest BCUT2D eigenvalue weighted by Crippen LogP contribution is -2.50. The highest BCUT2D eigenvalue weighted by atomic mass is 16.4. The highest BCUT2D eigenvalue weighted by Gasteiger charge is 2.41. The summed E-state index contributed by atoms with van der Waals surface area (Å²) in [6, 6.07) is 0. The van der Waals surface area contributed by atoms with Gasteiger partial charge >= 0.3 is 5.97 Å². The van der Waals surface area contributed by atoms with Gasteiger partial charge in [-0.15, -0.1) is 0 Å². The van der Waals surface area contributed by atoms with Gasteiger partial charge in [-0.2, -0.15) is 0 Å². The van der Waals surface area contributed by atoms with E-state index in [9.17, 15) is 4.79 Å². The smallest absolute Gasteiger partial charge is 0.325 e. The van der Waals surface area contributed by atoms with Crippen LogP contribution in [0.15, 0.2) is 0 Å². The van der Waals surface area contributed by atoms with E-state index in [-0.39, 0.29) is 0 Å². The molecule has 0 aliphatic carbocycles. The van der Waals surface area contributed by atoms with Gasteiger partial charge in [0, 0.05) is 19.6 Å². The van der Waals surface area contributed by atoms with Crippen LogP contribution < -0.4 is 5.73 Å². The Kier molecular flexibility index (Phi) is 5.40. The second kappa shape index (κ2) is 6.36. The maximum absolute atomic E-state index is 11.0. The molecule has 0 aromatic carbocycles. The number of rotatable bonds is 7. The summed E-state index contributed by atoms with van der Waals surface area (Å²) in [4.78, 5) is 13.3. The number of carboxylic acid groups (broad SMARTS) is 1. The molecule has 1 aliphatic heterocycles. The van der Waals surface area contributed by atoms with Gasteiger partial charge in [-0.3, -0.25) is 4.79 Å². The van der Waals surface area contributed by atoms with E-state index < -0.39 is 11.5 Å². The standard InChI is InChI=1S/C13H26N2O2/c1-3-5-6-11(4-2)9-15-8-7-13(14,10-15)12(16)17/h11H,3-10,14H2,1-2H3,(H,16,17). The number of nitrogens with zero attached hydrogens (tertiary/aromatic N) is 1. The van der Waals surface area contributed by atoms with Gasteiger partial charge in [0.25, 0.3) is 0 Å². The topological polar surface area (TPSA) is 66.6 Å². The van der Waals surface area contributed by atoms with Gasteiger partial charge in [-0.05, 0) is 18.8 Å². The number of likely N-dealkylation sites (tertiary alicyclic amines) is 1. The van der Waals surface area contributed by atoms with Crippen LogP contribution in [0.1, 0.15) is 46.0 Å². The Morgan fingerprint density at radius 1 is 1.53 bits per heavy atom. The van der Waals surface area contributed by atoms with E-state index in [2.05, 4.69) is 18.7 Å². The summed E-state index contributed by atoms with van der Waals surface area (Å²) in [6.45, 7) is 6.75. The van der Waals surface area contributed by atoms with E-state index in [1.807, 2.05) is 0 Å². The maximum atomic E-state index is 11.0. The van der Waals surface area contributed by atoms with Gasteiger partial charge in [0.15, 0.2) is 0 Å². The molecule has 1 fully saturated rings. The number of carboxylic acids is 1. The van der Waals surface area contributed by atoms with E-state index in [0.29, 0.717) is 18.9 Å². The molecule has 100 valence electrons. The van der Waals surface area contributed by atoms with Crippen LogP contribution in [0.4, 0.5) is 0 Å². The van der Waals surface area contributed by atoms with Crippen LogP contribution >= 0.6 is 0 Å². The summed E-state index contributed by atoms with van der Waals surface area (Å²) in [5.41, 5.74) is 4.86. The fraction of sp³-hybridized carbons (Fsp3) is 0.923. The minimum absolute atomic E-state index is 0.505. The molecule has 0 radical (unpaired) electrons. The quantitative estimate of drug-likeness (QED) is 0.713. The molecule has 4 nitrogen and oxygen atoms in total. The number of unbranched alkanes of at least 4 members (excludes halogenated alkanes) is 1. The van der Waals surface area contributed by atoms with Crippen molar-refractivity contribution in [3.8, 4) is 0 Å². The highest BCUT2D eigenvalue weighted by Crippen LogP contribution is 2.22. The van der Waals surface area contributed by atoms with Crippen molar-refractivity contribution in [2.24, 2.45) is 11.7 Å². The van der Waals surface area contributed by atoms with Crippen LogP contribution in [0.3, 0.4) is 0 Å². The number of carbonyl (C=O) groups is 1. The van der Waals surface area contributed by atoms with E-state index >= 15 is 0 Å². The lowest BCUT2D eigenvalue weighted by molar-refractivity contribution is -0.142. The monoisotopic (exact) mass is 242 g/mol. The largest absolute Gasteiger partial charge is 0.480 e. The molecule has 0 amide bonds. The zero-order valence-corrected chi connectivity index (χ0v) is 11.1. The Bertz CT molecular complexity index is 258. The van der Waals surface area contributed by atoms with Crippen LogP contribution in [0.5, 0.6) is 0 Å². The molecule has 0 aromatic heterocycles. The van der Waals surface area contributed by atoms with Crippen molar-refractivity contribution in [3.05, 3.63) is 0 Å². The number of hydrogen-bond acceptors (Lipinski definition) is 3. The van der Waals surface area contributed by atoms with Gasteiger partial charge in [0.2, 0.25) is 0 Å². The Morgan fingerprint density at radius 3 is 2.71 bits per heavy atom. The van der Waals surface area contributed by atoms with Crippen molar-refractivity contribution in [1.29, 1.82) is 0 Å². The molecule has 1 aliphatic rings. The van der Waals surface area contributed by atoms with E-state index in [4.69, 9.17) is 10.8 Å². The third-order valence-corrected chi connectivity index (χ3v) is 3.87. The third kappa shape index (κ3) is 3.96. The summed E-state index contributed by atoms with van der Waals surface area (Å²) in [6.07, 6.45) is 5.48. The fourth-order valence-corrected chi connectivity index (χ4v) is 2.53. The molecular formula is C13H26N2O2. The zero-order chi connectivity index (χ0) is 12.9. The molecule has 1 heterocycles. The molecule has 0 saturated carbocycles. The molecule has 1 rings (SSSR count). The predicted molar refractivity (Wildman–Crippen MR) is 68.9 cm³/mol. The summed E-state index contributed by atoms with van der Waals surface area (Å²) in [5.74, 6) is -0.173. The van der Waals surface area contributed by atoms with Gasteiger partial charge < -0.3 is 15.7 Å². The minimum atomic E-state index is -1.01. The summed E-state index contributed by atoms with van der Waals surface area (Å²) < 4.78 is 0. The van der Waals surface area contributed by atoms with E-state index in [1.54, 1.807) is 0 Å². The van der Waals surface area contributed by atoms with Crippen molar-refractivity contribution >= 4 is 5.97 Å². The Balaban J connectivity index is 2.40. The average Bonchev–Trinajstić information content (AvgIpc) is 2.67. The van der Waals surface area contributed by atoms with Gasteiger partial charge in [-0.1, -0.05) is 33.1 Å². The number of nitrogens with two attached hydrogens (primary N) is 1. The fourth-order valence-electron chi connectivity index (χ4n) is 2.53. The molecule has 3 N–H and O–H groups in total. The summed E-state index contributed by atoms with van der Waals surface area (Å²) in [5, 5.41) is 9.07. The first-order chi connectivity index (χ1) is 8.01. The Labute approximate surface area is 104 Å². The van der Waals surface area contributed by atoms with Crippen molar-refractivity contribution in [2.75, 3.05) is 19.6 Å². The highest BCUT2D eigenvalue weighted by molar-refractivity contribution is 5.79. The van der Waals surface area contributed by atoms with Crippen LogP contribution in [-0.4, -0.2) is 41.1 Å². The van der Waals surface area contributed by atoms with Crippen LogP contribution in [0, 0.1) is 5.92 Å². The summed E-state index contributed by atoms with van der Waals surface area (Å²) >= 11 is 0. The molecule has 1 saturated heterocycles. The summed E-state index contributed by atoms with van der Waals surface area (Å²) in [7, 11) is 0. The molecule has 17 heavy (non-hydrogen) atoms. The lowest BCUT2D eigenvalue weighted by atomic mass is 9.98. The zero-order valence-electron chi connectivity index (χ0n) is 11.1. The second-order valence-corrected chi connectivity index (χ2v) is 5.36. The maximum Gasteiger partial charge on any atom is 0.325 e. The minimum Gasteiger partial charge on any atom is -0.480 e. The molecule has 0 spiro atoms. The first-order valence-electron chi connectivity index (χ1n) is 6.76. The normalized spacial score (nSPS) is 27.2. The van der Waals surface area contributed by atoms with Gasteiger partial charge in [0.05, 0.1) is 0 Å². The molecule has 4 heteroatoms. The number of hydrogen-bond donors (Lipinski definition) is 2.